The number of hydrogen-bond acceptors (Lipinski definition) is 6. The second kappa shape index (κ2) is 55.4. The van der Waals surface area contributed by atoms with E-state index >= 15 is 0 Å². The zero-order chi connectivity index (χ0) is 54.9. The number of nitrogens with one attached hydrogen (secondary N) is 1. The molecule has 0 rings (SSSR count). The van der Waals surface area contributed by atoms with Gasteiger partial charge in [-0.15, -0.1) is 0 Å². The molecule has 0 aliphatic carbocycles. The van der Waals surface area contributed by atoms with Gasteiger partial charge in [-0.25, -0.2) is 0 Å². The Hall–Kier alpha value is -3.36. The van der Waals surface area contributed by atoms with Crippen molar-refractivity contribution in [3.8, 4) is 0 Å². The van der Waals surface area contributed by atoms with Crippen LogP contribution in [0.2, 0.25) is 0 Å². The number of rotatable bonds is 53. The van der Waals surface area contributed by atoms with Crippen LogP contribution in [0, 0.1) is 0 Å². The Kier molecular flexibility index (Phi) is 52.9. The van der Waals surface area contributed by atoms with Crippen LogP contribution < -0.4 is 10.2 Å². The molecule has 0 heterocycles. The van der Waals surface area contributed by atoms with Gasteiger partial charge in [0.1, 0.15) is 13.2 Å². The fraction of sp³-hybridized carbons (Fsp3) is 0.652. The van der Waals surface area contributed by atoms with E-state index in [9.17, 15) is 19.4 Å². The molecule has 0 aromatic heterocycles. The number of unbranched alkanes of at least 4 members (excludes halogenated alkanes) is 20. The lowest BCUT2D eigenvalue weighted by atomic mass is 10.0. The molecule has 0 spiro atoms. The fourth-order valence-corrected chi connectivity index (χ4v) is 8.63. The molecule has 75 heavy (non-hydrogen) atoms. The van der Waals surface area contributed by atoms with Crippen molar-refractivity contribution in [2.75, 3.05) is 40.9 Å². The molecule has 9 heteroatoms. The van der Waals surface area contributed by atoms with Crippen LogP contribution in [-0.2, 0) is 18.4 Å². The van der Waals surface area contributed by atoms with Crippen molar-refractivity contribution in [2.24, 2.45) is 0 Å². The van der Waals surface area contributed by atoms with Crippen LogP contribution in [0.4, 0.5) is 0 Å². The number of phosphoric ester groups is 1. The first-order chi connectivity index (χ1) is 36.5. The summed E-state index contributed by atoms with van der Waals surface area (Å²) in [4.78, 5) is 25.5. The molecule has 3 unspecified atom stereocenters. The topological polar surface area (TPSA) is 108 Å². The van der Waals surface area contributed by atoms with Crippen LogP contribution in [0.25, 0.3) is 0 Å². The Morgan fingerprint density at radius 1 is 0.480 bits per heavy atom. The Bertz CT molecular complexity index is 1680. The highest BCUT2D eigenvalue weighted by Gasteiger charge is 2.23. The molecule has 0 aromatic carbocycles. The van der Waals surface area contributed by atoms with E-state index in [4.69, 9.17) is 9.05 Å². The molecular formula is C66H113N2O6P. The lowest BCUT2D eigenvalue weighted by Gasteiger charge is -2.29. The summed E-state index contributed by atoms with van der Waals surface area (Å²) in [7, 11) is 1.21. The number of amides is 1. The van der Waals surface area contributed by atoms with Gasteiger partial charge in [-0.1, -0.05) is 244 Å². The molecular weight excluding hydrogens is 948 g/mol. The molecule has 0 bridgehead atoms. The van der Waals surface area contributed by atoms with E-state index in [1.807, 2.05) is 27.2 Å². The molecule has 0 saturated carbocycles. The van der Waals surface area contributed by atoms with E-state index in [1.165, 1.54) is 96.3 Å². The van der Waals surface area contributed by atoms with Crippen molar-refractivity contribution < 1.29 is 32.9 Å². The average molecular weight is 1060 g/mol. The molecule has 1 amide bonds. The van der Waals surface area contributed by atoms with Crippen molar-refractivity contribution in [2.45, 2.75) is 238 Å². The first-order valence-electron chi connectivity index (χ1n) is 30.0. The van der Waals surface area contributed by atoms with Crippen LogP contribution in [-0.4, -0.2) is 68.5 Å². The van der Waals surface area contributed by atoms with Crippen LogP contribution in [0.5, 0.6) is 0 Å². The number of allylic oxidation sites excluding steroid dienone is 21. The monoisotopic (exact) mass is 1060 g/mol. The zero-order valence-corrected chi connectivity index (χ0v) is 49.6. The average Bonchev–Trinajstić information content (AvgIpc) is 3.37. The van der Waals surface area contributed by atoms with E-state index < -0.39 is 26.6 Å². The van der Waals surface area contributed by atoms with Gasteiger partial charge in [0.05, 0.1) is 39.9 Å². The first-order valence-corrected chi connectivity index (χ1v) is 31.5. The zero-order valence-electron chi connectivity index (χ0n) is 48.7. The number of carbonyl (C=O) groups excluding carboxylic acids is 1. The van der Waals surface area contributed by atoms with Gasteiger partial charge in [0.25, 0.3) is 7.82 Å². The van der Waals surface area contributed by atoms with Gasteiger partial charge in [0.15, 0.2) is 0 Å². The fourth-order valence-electron chi connectivity index (χ4n) is 7.91. The van der Waals surface area contributed by atoms with E-state index in [-0.39, 0.29) is 12.5 Å². The second-order valence-corrected chi connectivity index (χ2v) is 22.4. The maximum atomic E-state index is 13.0. The van der Waals surface area contributed by atoms with Crippen molar-refractivity contribution in [3.63, 3.8) is 0 Å². The minimum Gasteiger partial charge on any atom is -0.756 e. The number of quaternary nitrogens is 1. The summed E-state index contributed by atoms with van der Waals surface area (Å²) in [5, 5.41) is 13.9. The van der Waals surface area contributed by atoms with Crippen LogP contribution >= 0.6 is 7.82 Å². The summed E-state index contributed by atoms with van der Waals surface area (Å²) in [6.07, 6.45) is 83.9. The lowest BCUT2D eigenvalue weighted by molar-refractivity contribution is -0.870. The Labute approximate surface area is 462 Å². The maximum Gasteiger partial charge on any atom is 0.268 e. The van der Waals surface area contributed by atoms with Gasteiger partial charge in [-0.2, -0.15) is 0 Å². The summed E-state index contributed by atoms with van der Waals surface area (Å²) in [6, 6.07) is -0.922. The predicted octanol–water partition coefficient (Wildman–Crippen LogP) is 18.1. The normalized spacial score (nSPS) is 14.8. The quantitative estimate of drug-likeness (QED) is 0.0272. The van der Waals surface area contributed by atoms with Crippen LogP contribution in [0.1, 0.15) is 226 Å². The standard InChI is InChI=1S/C66H113N2O6P/c1-6-8-10-12-14-16-18-20-22-24-26-27-28-29-30-31-32-33-34-35-36-37-38-39-40-41-42-44-46-48-50-52-54-56-58-60-66(70)67-64(63-74-75(71,72)73-62-61-68(3,4)5)65(69)59-57-55-53-51-49-47-45-43-25-23-21-19-17-15-13-11-9-7-2/h8,10,14,16,20,22,25-27,29-30,32-33,35-36,38-39,43,49,51,57,59,64-65,69H,6-7,9,11-13,15,17-19,21,23-24,28,31,34,37,40-42,44-48,50,52-56,58,60-63H2,1-5H3,(H-,67,70,71,72)/b10-8-,16-14-,22-20-,27-26-,30-29-,33-32-,36-35-,39-38-,43-25+,51-49+,59-57+. The predicted molar refractivity (Wildman–Crippen MR) is 325 cm³/mol. The Morgan fingerprint density at radius 2 is 0.827 bits per heavy atom. The van der Waals surface area contributed by atoms with Gasteiger partial charge >= 0.3 is 0 Å². The minimum atomic E-state index is -4.62. The van der Waals surface area contributed by atoms with Crippen LogP contribution in [0.15, 0.2) is 134 Å². The molecule has 8 nitrogen and oxygen atoms in total. The SMILES string of the molecule is CC/C=C\C/C=C\C/C=C\C/C=C\C/C=C\C/C=C\C/C=C\C/C=C\CCCCCCCCCCCCC(=O)NC(COP(=O)([O-])OCC[N+](C)(C)C)C(O)/C=C/CC/C=C/CC/C=C/CCCCCCCCCC. The third-order valence-corrected chi connectivity index (χ3v) is 13.5. The van der Waals surface area contributed by atoms with Gasteiger partial charge in [-0.3, -0.25) is 9.36 Å². The molecule has 0 aliphatic rings. The summed E-state index contributed by atoms with van der Waals surface area (Å²) in [6.45, 7) is 4.49. The van der Waals surface area contributed by atoms with E-state index in [0.717, 1.165) is 109 Å². The number of aliphatic hydroxyl groups excluding tert-OH is 1. The van der Waals surface area contributed by atoms with Gasteiger partial charge in [-0.05, 0) is 109 Å². The van der Waals surface area contributed by atoms with Crippen molar-refractivity contribution in [1.29, 1.82) is 0 Å². The first kappa shape index (κ1) is 71.6. The van der Waals surface area contributed by atoms with Crippen molar-refractivity contribution in [1.82, 2.24) is 5.32 Å². The van der Waals surface area contributed by atoms with Crippen LogP contribution in [0.3, 0.4) is 0 Å². The van der Waals surface area contributed by atoms with Gasteiger partial charge in [0, 0.05) is 6.42 Å². The lowest BCUT2D eigenvalue weighted by Crippen LogP contribution is -2.45. The number of likely N-dealkylation sites (N-methyl/N-ethyl adjacent to an activating group) is 1. The molecule has 0 radical (unpaired) electrons. The number of hydrogen-bond donors (Lipinski definition) is 2. The molecule has 0 aliphatic heterocycles. The highest BCUT2D eigenvalue weighted by Crippen LogP contribution is 2.38. The molecule has 428 valence electrons. The second-order valence-electron chi connectivity index (χ2n) is 20.9. The largest absolute Gasteiger partial charge is 0.756 e. The Balaban J connectivity index is 4.23. The molecule has 0 saturated heterocycles. The third-order valence-electron chi connectivity index (χ3n) is 12.6. The maximum absolute atomic E-state index is 13.0. The number of phosphoric acid groups is 1. The molecule has 0 aromatic rings. The molecule has 3 atom stereocenters. The summed E-state index contributed by atoms with van der Waals surface area (Å²) in [5.41, 5.74) is 0. The van der Waals surface area contributed by atoms with Crippen molar-refractivity contribution in [3.05, 3.63) is 134 Å². The van der Waals surface area contributed by atoms with E-state index in [0.29, 0.717) is 17.4 Å². The molecule has 0 fully saturated rings. The number of nitrogens with zero attached hydrogens (tertiary/aromatic N) is 1. The van der Waals surface area contributed by atoms with E-state index in [1.54, 1.807) is 6.08 Å². The highest BCUT2D eigenvalue weighted by atomic mass is 31.2. The summed E-state index contributed by atoms with van der Waals surface area (Å²) < 4.78 is 23.3. The third kappa shape index (κ3) is 58.2. The van der Waals surface area contributed by atoms with Crippen molar-refractivity contribution >= 4 is 13.7 Å². The minimum absolute atomic E-state index is 0.0164. The van der Waals surface area contributed by atoms with Gasteiger partial charge in [0.2, 0.25) is 5.91 Å². The van der Waals surface area contributed by atoms with E-state index in [2.05, 4.69) is 141 Å². The summed E-state index contributed by atoms with van der Waals surface area (Å²) >= 11 is 0. The smallest absolute Gasteiger partial charge is 0.268 e. The molecule has 2 N–H and O–H groups in total. The van der Waals surface area contributed by atoms with Gasteiger partial charge < -0.3 is 28.8 Å². The number of carbonyl (C=O) groups is 1. The highest BCUT2D eigenvalue weighted by molar-refractivity contribution is 7.45. The summed E-state index contributed by atoms with van der Waals surface area (Å²) in [5.74, 6) is -0.222. The number of aliphatic hydroxyl groups is 1. The Morgan fingerprint density at radius 3 is 1.24 bits per heavy atom.